The first-order chi connectivity index (χ1) is 64.6. The van der Waals surface area contributed by atoms with Crippen molar-refractivity contribution >= 4 is 68.7 Å². The van der Waals surface area contributed by atoms with E-state index in [1.54, 1.807) is 34.0 Å². The summed E-state index contributed by atoms with van der Waals surface area (Å²) in [6, 6.07) is 43.1. The molecule has 12 aliphatic carbocycles. The molecule has 0 radical (unpaired) electrons. The lowest BCUT2D eigenvalue weighted by Gasteiger charge is -2.38. The highest BCUT2D eigenvalue weighted by Crippen LogP contribution is 2.58. The Labute approximate surface area is 806 Å². The number of carbonyl (C=O) groups excluding carboxylic acids is 6. The summed E-state index contributed by atoms with van der Waals surface area (Å²) in [5.41, 5.74) is 36.8. The average molecular weight is 1860 g/mol. The van der Waals surface area contributed by atoms with Crippen LogP contribution in [0.2, 0.25) is 0 Å². The first-order valence-corrected chi connectivity index (χ1v) is 50.8. The fourth-order valence-electron chi connectivity index (χ4n) is 24.9. The van der Waals surface area contributed by atoms with Gasteiger partial charge in [0.2, 0.25) is 0 Å². The number of fused-ring (bicyclic) bond motifs is 6. The molecule has 24 rings (SSSR count). The van der Waals surface area contributed by atoms with Crippen molar-refractivity contribution < 1.29 is 30.1 Å². The summed E-state index contributed by atoms with van der Waals surface area (Å²) in [6.07, 6.45) is 14.4. The third-order valence-corrected chi connectivity index (χ3v) is 32.7. The second-order valence-electron chi connectivity index (χ2n) is 44.8. The fourth-order valence-corrected chi connectivity index (χ4v) is 27.5. The van der Waals surface area contributed by atoms with Gasteiger partial charge in [-0.3, -0.25) is 59.4 Å². The van der Waals surface area contributed by atoms with Crippen LogP contribution in [0, 0.1) is 74.0 Å². The summed E-state index contributed by atoms with van der Waals surface area (Å²) in [7, 11) is 0. The van der Waals surface area contributed by atoms with Crippen molar-refractivity contribution in [1.82, 2.24) is 61.2 Å². The summed E-state index contributed by atoms with van der Waals surface area (Å²) in [6.45, 7) is 38.5. The molecule has 21 heteroatoms. The van der Waals surface area contributed by atoms with Crippen LogP contribution in [0.3, 0.4) is 0 Å². The topological polar surface area (TPSA) is 274 Å². The molecule has 6 atom stereocenters. The Morgan fingerprint density at radius 1 is 0.252 bits per heavy atom. The molecule has 135 heavy (non-hydrogen) atoms. The molecular formula is C114H126N12O6S3. The molecule has 0 bridgehead atoms. The van der Waals surface area contributed by atoms with E-state index in [0.717, 1.165) is 184 Å². The lowest BCUT2D eigenvalue weighted by atomic mass is 9.65. The Balaban J connectivity index is 0.000000105. The number of nitrogens with one attached hydrogen (secondary N) is 6. The normalized spacial score (nSPS) is 23.7. The third-order valence-electron chi connectivity index (χ3n) is 29.9. The van der Waals surface area contributed by atoms with Crippen molar-refractivity contribution in [3.05, 3.63) is 343 Å². The van der Waals surface area contributed by atoms with E-state index in [4.69, 9.17) is 0 Å². The maximum atomic E-state index is 13.1. The van der Waals surface area contributed by atoms with Gasteiger partial charge in [0.15, 0.2) is 34.7 Å². The van der Waals surface area contributed by atoms with E-state index < -0.39 is 5.89 Å². The summed E-state index contributed by atoms with van der Waals surface area (Å²) in [4.78, 5) is 81.5. The molecule has 0 saturated carbocycles. The first-order valence-electron chi connectivity index (χ1n) is 48.6. The van der Waals surface area contributed by atoms with E-state index in [1.807, 2.05) is 49.4 Å². The van der Waals surface area contributed by atoms with Crippen molar-refractivity contribution in [3.63, 3.8) is 0 Å². The molecule has 9 aromatic heterocycles. The van der Waals surface area contributed by atoms with Gasteiger partial charge in [-0.15, -0.1) is 34.0 Å². The zero-order chi connectivity index (χ0) is 95.9. The molecule has 18 nitrogen and oxygen atoms in total. The van der Waals surface area contributed by atoms with Crippen molar-refractivity contribution in [2.45, 2.75) is 276 Å². The number of H-pyrrole nitrogens is 6. The molecule has 2 unspecified atom stereocenters. The number of ketones is 6. The van der Waals surface area contributed by atoms with Gasteiger partial charge in [0.25, 0.3) is 0 Å². The summed E-state index contributed by atoms with van der Waals surface area (Å²) < 4.78 is 9.45. The first kappa shape index (κ1) is 91.2. The lowest BCUT2D eigenvalue weighted by Crippen LogP contribution is -2.32. The molecule has 12 aliphatic rings. The summed E-state index contributed by atoms with van der Waals surface area (Å²) in [5.74, 6) is 0.911. The lowest BCUT2D eigenvalue weighted by molar-refractivity contribution is -0.119. The van der Waals surface area contributed by atoms with Crippen LogP contribution in [0.1, 0.15) is 330 Å². The molecule has 9 heterocycles. The molecule has 6 N–H and O–H groups in total. The zero-order valence-corrected chi connectivity index (χ0v) is 83.8. The second kappa shape index (κ2) is 35.6. The molecule has 0 aliphatic heterocycles. The SMILES string of the molecule is Cc1[nH]nc2c1C(c1cccs1)C1=C(C2)CC(C)(C)CC1=O.Cc1[nH]nc2c1[C@@H](c1ccccc1)C1=C(C2)CC(C)(C)CC1=O.Cc1[nH]nc2c1[C@@H](c1cccs1)C1=C(C2)CC(C)(C)CC1=O.Cc1[nH]nc2c1[C@H](c1ccccc1)C1=C(C2)CC(C)(C)CC1=O.Cc1[nH]nc2c1[C@H](c1cccs1)C1=C(C2)CC(C)(C)CC1=O.[2H]C1(c2ccccc2)C2=C(Cc3n[nH]c(C)c31)CC(C)(C)CC2=O. The van der Waals surface area contributed by atoms with Crippen LogP contribution < -0.4 is 0 Å². The van der Waals surface area contributed by atoms with Crippen molar-refractivity contribution in [2.75, 3.05) is 0 Å². The van der Waals surface area contributed by atoms with E-state index in [2.05, 4.69) is 280 Å². The van der Waals surface area contributed by atoms with Gasteiger partial charge in [-0.2, -0.15) is 30.6 Å². The molecule has 3 aromatic carbocycles. The van der Waals surface area contributed by atoms with Crippen molar-refractivity contribution in [1.29, 1.82) is 0 Å². The van der Waals surface area contributed by atoms with Crippen LogP contribution in [0.25, 0.3) is 0 Å². The number of aromatic nitrogens is 12. The maximum Gasteiger partial charge on any atom is 0.160 e. The third kappa shape index (κ3) is 17.9. The van der Waals surface area contributed by atoms with Gasteiger partial charge >= 0.3 is 0 Å². The maximum absolute atomic E-state index is 13.1. The van der Waals surface area contributed by atoms with E-state index in [1.165, 1.54) is 81.4 Å². The Morgan fingerprint density at radius 3 is 0.689 bits per heavy atom. The number of Topliss-reactive ketones (excluding diaryl/α,β-unsaturated/α-hetero) is 6. The average Bonchev–Trinajstić information content (AvgIpc) is 1.42. The molecule has 0 spiro atoms. The monoisotopic (exact) mass is 1860 g/mol. The number of thiophene rings is 3. The largest absolute Gasteiger partial charge is 0.294 e. The Bertz CT molecular complexity index is 6510. The number of allylic oxidation sites excluding steroid dienone is 12. The van der Waals surface area contributed by atoms with E-state index in [-0.39, 0.29) is 67.9 Å². The number of rotatable bonds is 6. The summed E-state index contributed by atoms with van der Waals surface area (Å²) in [5, 5.41) is 52.0. The van der Waals surface area contributed by atoms with Gasteiger partial charge in [-0.1, -0.05) is 226 Å². The molecule has 0 fully saturated rings. The van der Waals surface area contributed by atoms with Gasteiger partial charge < -0.3 is 0 Å². The second-order valence-corrected chi connectivity index (χ2v) is 47.7. The smallest absolute Gasteiger partial charge is 0.160 e. The number of aryl methyl sites for hydroxylation is 6. The van der Waals surface area contributed by atoms with Gasteiger partial charge in [-0.05, 0) is 164 Å². The number of aromatic amines is 6. The standard InChI is InChI=1S/3C20H22N2O.3C18H20N2OS/c3*1-12-17-15(22-21-12)9-14-10-20(2,3)11-16(23)18(14)19(17)13-7-5-4-6-8-13;3*1-10-15-12(20-19-10)7-11-8-18(2,3)9-13(21)16(11)17(15)14-5-4-6-22-14/h3*4-8,19H,9-11H2,1-3H3,(H,21,22);3*4-6,17H,7-9H2,1-3H3,(H,19,20)/t2*19-;;2*17-;/m10.10./s1/i;;19D;;;. The molecular weight excluding hydrogens is 1730 g/mol. The van der Waals surface area contributed by atoms with Crippen LogP contribution in [0.4, 0.5) is 0 Å². The minimum absolute atomic E-state index is 0.0392. The molecule has 12 aromatic rings. The molecule has 0 saturated heterocycles. The highest BCUT2D eigenvalue weighted by molar-refractivity contribution is 7.10. The number of hydrogen-bond acceptors (Lipinski definition) is 15. The van der Waals surface area contributed by atoms with Crippen LogP contribution in [0.15, 0.2) is 210 Å². The number of carbonyl (C=O) groups is 6. The van der Waals surface area contributed by atoms with E-state index >= 15 is 0 Å². The van der Waals surface area contributed by atoms with Crippen LogP contribution in [-0.4, -0.2) is 95.9 Å². The minimum Gasteiger partial charge on any atom is -0.294 e. The highest BCUT2D eigenvalue weighted by Gasteiger charge is 2.50. The summed E-state index contributed by atoms with van der Waals surface area (Å²) >= 11 is 5.20. The predicted molar refractivity (Wildman–Crippen MR) is 536 cm³/mol. The predicted octanol–water partition coefficient (Wildman–Crippen LogP) is 24.7. The minimum atomic E-state index is -1.16. The van der Waals surface area contributed by atoms with Gasteiger partial charge in [-0.25, -0.2) is 0 Å². The Kier molecular flexibility index (Phi) is 24.0. The van der Waals surface area contributed by atoms with Crippen molar-refractivity contribution in [2.24, 2.45) is 32.5 Å². The Morgan fingerprint density at radius 2 is 0.452 bits per heavy atom. The number of benzene rings is 3. The fraction of sp³-hybridized carbons (Fsp3) is 0.421. The van der Waals surface area contributed by atoms with Gasteiger partial charge in [0, 0.05) is 212 Å². The zero-order valence-electron chi connectivity index (χ0n) is 82.3. The van der Waals surface area contributed by atoms with E-state index in [0.29, 0.717) is 79.4 Å². The van der Waals surface area contributed by atoms with E-state index in [9.17, 15) is 30.1 Å². The van der Waals surface area contributed by atoms with Crippen LogP contribution >= 0.6 is 34.0 Å². The quantitative estimate of drug-likeness (QED) is 0.0907. The van der Waals surface area contributed by atoms with Crippen molar-refractivity contribution in [3.8, 4) is 0 Å². The Hall–Kier alpha value is -11.5. The van der Waals surface area contributed by atoms with Crippen LogP contribution in [-0.2, 0) is 67.3 Å². The molecule has 696 valence electrons. The molecule has 0 amide bonds. The van der Waals surface area contributed by atoms with Gasteiger partial charge in [0.1, 0.15) is 0 Å². The van der Waals surface area contributed by atoms with Gasteiger partial charge in [0.05, 0.1) is 51.9 Å². The number of hydrogen-bond donors (Lipinski definition) is 6. The van der Waals surface area contributed by atoms with Crippen LogP contribution in [0.5, 0.6) is 0 Å². The highest BCUT2D eigenvalue weighted by atomic mass is 32.1. The number of nitrogens with zero attached hydrogens (tertiary/aromatic N) is 6.